The van der Waals surface area contributed by atoms with Crippen LogP contribution in [-0.4, -0.2) is 59.2 Å². The maximum Gasteiger partial charge on any atom is 0.193 e. The lowest BCUT2D eigenvalue weighted by atomic mass is 9.63. The quantitative estimate of drug-likeness (QED) is 0.0607. The average Bonchev–Trinajstić information content (AvgIpc) is 3.22. The molecule has 8 rings (SSSR count). The van der Waals surface area contributed by atoms with Gasteiger partial charge in [-0.15, -0.1) is 0 Å². The molecule has 5 aromatic carbocycles. The van der Waals surface area contributed by atoms with E-state index in [0.717, 1.165) is 12.5 Å². The van der Waals surface area contributed by atoms with Gasteiger partial charge in [-0.3, -0.25) is 14.4 Å². The van der Waals surface area contributed by atoms with Gasteiger partial charge >= 0.3 is 0 Å². The third-order valence-electron chi connectivity index (χ3n) is 12.5. The fraction of sp³-hybridized carbons (Fsp3) is 0.275. The van der Waals surface area contributed by atoms with Crippen LogP contribution in [0.3, 0.4) is 0 Å². The summed E-state index contributed by atoms with van der Waals surface area (Å²) >= 11 is 0. The van der Waals surface area contributed by atoms with Gasteiger partial charge in [-0.25, -0.2) is 0 Å². The Bertz CT molecular complexity index is 2820. The summed E-state index contributed by atoms with van der Waals surface area (Å²) in [4.78, 5) is 41.4. The Hall–Kier alpha value is -7.21. The highest BCUT2D eigenvalue weighted by molar-refractivity contribution is 6.12. The molecule has 6 N–H and O–H groups in total. The number of hydrogen-bond donors (Lipinski definition) is 6. The summed E-state index contributed by atoms with van der Waals surface area (Å²) in [7, 11) is 0. The minimum Gasteiger partial charge on any atom is -0.507 e. The Labute approximate surface area is 364 Å². The van der Waals surface area contributed by atoms with Crippen molar-refractivity contribution in [3.8, 4) is 51.7 Å². The maximum atomic E-state index is 14.5. The van der Waals surface area contributed by atoms with Crippen molar-refractivity contribution in [2.75, 3.05) is 0 Å². The van der Waals surface area contributed by atoms with E-state index in [4.69, 9.17) is 14.2 Å². The predicted octanol–water partition coefficient (Wildman–Crippen LogP) is 9.69. The number of Topliss-reactive ketones (excluding diaryl/α,β-unsaturated/α-hetero) is 1. The topological polar surface area (TPSA) is 200 Å². The number of fused-ring (bicyclic) bond motifs is 4. The van der Waals surface area contributed by atoms with E-state index in [1.807, 2.05) is 62.4 Å². The second-order valence-corrected chi connectivity index (χ2v) is 17.6. The predicted molar refractivity (Wildman–Crippen MR) is 235 cm³/mol. The number of phenolic OH excluding ortho intramolecular Hbond substituents is 6. The monoisotopic (exact) mass is 852 g/mol. The first-order chi connectivity index (χ1) is 29.7. The van der Waals surface area contributed by atoms with Gasteiger partial charge in [-0.05, 0) is 78.2 Å². The summed E-state index contributed by atoms with van der Waals surface area (Å²) in [6.07, 6.45) is 4.47. The van der Waals surface area contributed by atoms with Crippen molar-refractivity contribution in [2.24, 2.45) is 5.92 Å². The Morgan fingerprint density at radius 1 is 0.619 bits per heavy atom. The van der Waals surface area contributed by atoms with Crippen molar-refractivity contribution in [3.05, 3.63) is 134 Å². The maximum absolute atomic E-state index is 14.5. The van der Waals surface area contributed by atoms with Gasteiger partial charge in [0.2, 0.25) is 0 Å². The Morgan fingerprint density at radius 3 is 1.67 bits per heavy atom. The zero-order valence-corrected chi connectivity index (χ0v) is 35.9. The molecule has 0 fully saturated rings. The highest BCUT2D eigenvalue weighted by Gasteiger charge is 2.59. The number of ketones is 3. The number of phenols is 6. The molecular formula is C51H48O12. The third kappa shape index (κ3) is 6.99. The summed E-state index contributed by atoms with van der Waals surface area (Å²) in [5.74, 6) is -6.61. The number of rotatable bonds is 9. The van der Waals surface area contributed by atoms with E-state index >= 15 is 0 Å². The van der Waals surface area contributed by atoms with Crippen molar-refractivity contribution in [1.82, 2.24) is 0 Å². The van der Waals surface area contributed by atoms with Crippen LogP contribution >= 0.6 is 0 Å². The number of benzene rings is 5. The van der Waals surface area contributed by atoms with Gasteiger partial charge in [0.25, 0.3) is 0 Å². The van der Waals surface area contributed by atoms with Crippen LogP contribution in [0.25, 0.3) is 12.2 Å². The molecule has 0 aliphatic carbocycles. The van der Waals surface area contributed by atoms with Crippen molar-refractivity contribution in [2.45, 2.75) is 84.5 Å². The van der Waals surface area contributed by atoms with Crippen LogP contribution in [0.4, 0.5) is 0 Å². The van der Waals surface area contributed by atoms with E-state index in [2.05, 4.69) is 0 Å². The fourth-order valence-corrected chi connectivity index (χ4v) is 9.49. The summed E-state index contributed by atoms with van der Waals surface area (Å²) in [6.45, 7) is 11.3. The minimum atomic E-state index is -1.20. The second kappa shape index (κ2) is 15.3. The number of aromatic hydroxyl groups is 6. The molecule has 324 valence electrons. The molecule has 12 heteroatoms. The molecular weight excluding hydrogens is 805 g/mol. The molecule has 0 spiro atoms. The van der Waals surface area contributed by atoms with Crippen LogP contribution in [0, 0.1) is 19.8 Å². The molecule has 0 aromatic heterocycles. The standard InChI is InChI=1S/C51H48O12/c1-24-40(55)29(44(59)34(26(3)52)41(24)56)22-30-45(60)37(33(54)21-19-28-16-12-9-13-17-28)47-35-31(23-50(4,5)62-47)39-49(61-46(30)35)38-43(58)25(2)42(57)36(48(38)63-51(39,6)7)32(53)20-18-27-14-10-8-11-15-27/h8-21,31,39,49,55-60H,22-23H2,1-7H3. The first-order valence-corrected chi connectivity index (χ1v) is 20.6. The van der Waals surface area contributed by atoms with Crippen molar-refractivity contribution < 1.29 is 59.2 Å². The normalized spacial score (nSPS) is 19.0. The van der Waals surface area contributed by atoms with E-state index in [1.54, 1.807) is 38.1 Å². The minimum absolute atomic E-state index is 0.00458. The smallest absolute Gasteiger partial charge is 0.193 e. The highest BCUT2D eigenvalue weighted by Crippen LogP contribution is 2.66. The van der Waals surface area contributed by atoms with Crippen LogP contribution in [0.1, 0.15) is 129 Å². The first-order valence-electron chi connectivity index (χ1n) is 20.6. The number of hydrogen-bond acceptors (Lipinski definition) is 12. The van der Waals surface area contributed by atoms with Crippen molar-refractivity contribution in [3.63, 3.8) is 0 Å². The average molecular weight is 853 g/mol. The van der Waals surface area contributed by atoms with Crippen LogP contribution in [0.2, 0.25) is 0 Å². The van der Waals surface area contributed by atoms with E-state index in [1.165, 1.54) is 26.0 Å². The van der Waals surface area contributed by atoms with Gasteiger partial charge in [0.05, 0.1) is 5.56 Å². The largest absolute Gasteiger partial charge is 0.507 e. The molecule has 3 aliphatic heterocycles. The molecule has 0 saturated heterocycles. The Kier molecular flexibility index (Phi) is 10.3. The van der Waals surface area contributed by atoms with Gasteiger partial charge in [-0.2, -0.15) is 0 Å². The fourth-order valence-electron chi connectivity index (χ4n) is 9.49. The van der Waals surface area contributed by atoms with E-state index in [9.17, 15) is 45.0 Å². The lowest BCUT2D eigenvalue weighted by Crippen LogP contribution is -2.53. The molecule has 3 aliphatic rings. The van der Waals surface area contributed by atoms with Gasteiger partial charge in [0.1, 0.15) is 85.7 Å². The summed E-state index contributed by atoms with van der Waals surface area (Å²) in [6, 6.07) is 18.2. The van der Waals surface area contributed by atoms with Gasteiger partial charge < -0.3 is 44.8 Å². The number of carbonyl (C=O) groups is 3. The zero-order chi connectivity index (χ0) is 45.4. The van der Waals surface area contributed by atoms with Crippen LogP contribution in [-0.2, 0) is 6.42 Å². The highest BCUT2D eigenvalue weighted by atomic mass is 16.5. The molecule has 0 saturated carbocycles. The van der Waals surface area contributed by atoms with Gasteiger partial charge in [-0.1, -0.05) is 72.8 Å². The van der Waals surface area contributed by atoms with Crippen LogP contribution in [0.15, 0.2) is 72.8 Å². The Balaban J connectivity index is 1.40. The van der Waals surface area contributed by atoms with E-state index < -0.39 is 87.2 Å². The number of allylic oxidation sites excluding steroid dienone is 2. The molecule has 0 bridgehead atoms. The first kappa shape index (κ1) is 42.5. The molecule has 3 heterocycles. The van der Waals surface area contributed by atoms with E-state index in [0.29, 0.717) is 17.5 Å². The van der Waals surface area contributed by atoms with Crippen molar-refractivity contribution in [1.29, 1.82) is 0 Å². The van der Waals surface area contributed by atoms with Gasteiger partial charge in [0.15, 0.2) is 17.3 Å². The Morgan fingerprint density at radius 2 is 1.11 bits per heavy atom. The lowest BCUT2D eigenvalue weighted by Gasteiger charge is -2.54. The van der Waals surface area contributed by atoms with Crippen LogP contribution in [0.5, 0.6) is 51.7 Å². The number of carbonyl (C=O) groups excluding carboxylic acids is 3. The van der Waals surface area contributed by atoms with E-state index in [-0.39, 0.29) is 61.9 Å². The van der Waals surface area contributed by atoms with Crippen LogP contribution < -0.4 is 14.2 Å². The molecule has 0 radical (unpaired) electrons. The molecule has 3 unspecified atom stereocenters. The molecule has 12 nitrogen and oxygen atoms in total. The van der Waals surface area contributed by atoms with Crippen molar-refractivity contribution >= 4 is 29.5 Å². The molecule has 5 aromatic rings. The number of ether oxygens (including phenoxy) is 3. The summed E-state index contributed by atoms with van der Waals surface area (Å²) < 4.78 is 20.4. The summed E-state index contributed by atoms with van der Waals surface area (Å²) in [5.41, 5.74) is -1.54. The van der Waals surface area contributed by atoms with Gasteiger partial charge in [0, 0.05) is 46.1 Å². The molecule has 3 atom stereocenters. The molecule has 63 heavy (non-hydrogen) atoms. The SMILES string of the molecule is CC(=O)c1c(O)c(C)c(O)c(Cc2c(O)c(C(=O)C=Cc3ccccc3)c3c4c2OC2c5c(O)c(C)c(O)c(C(=O)C=Cc6ccccc6)c5OC(C)(C)C2C4CC(C)(C)O3)c1O. The zero-order valence-electron chi connectivity index (χ0n) is 35.9. The summed E-state index contributed by atoms with van der Waals surface area (Å²) in [5, 5.41) is 69.8. The third-order valence-corrected chi connectivity index (χ3v) is 12.5. The lowest BCUT2D eigenvalue weighted by molar-refractivity contribution is -0.0861. The second-order valence-electron chi connectivity index (χ2n) is 17.6. The molecule has 0 amide bonds.